The third kappa shape index (κ3) is 3.49. The van der Waals surface area contributed by atoms with Gasteiger partial charge in [-0.15, -0.1) is 0 Å². The molecular formula is C13H15F2N3O3S. The fourth-order valence-corrected chi connectivity index (χ4v) is 2.99. The van der Waals surface area contributed by atoms with E-state index in [1.807, 2.05) is 0 Å². The van der Waals surface area contributed by atoms with Crippen molar-refractivity contribution in [2.75, 3.05) is 6.54 Å². The van der Waals surface area contributed by atoms with Crippen LogP contribution in [0.4, 0.5) is 8.78 Å². The molecule has 0 fully saturated rings. The lowest BCUT2D eigenvalue weighted by Crippen LogP contribution is -2.39. The molecule has 0 amide bonds. The topological polar surface area (TPSA) is 84.2 Å². The molecule has 1 atom stereocenters. The summed E-state index contributed by atoms with van der Waals surface area (Å²) >= 11 is 0. The summed E-state index contributed by atoms with van der Waals surface area (Å²) in [5.74, 6) is -1.74. The highest BCUT2D eigenvalue weighted by atomic mass is 32.2. The van der Waals surface area contributed by atoms with Gasteiger partial charge in [-0.05, 0) is 13.0 Å². The molecule has 2 aromatic rings. The summed E-state index contributed by atoms with van der Waals surface area (Å²) in [5.41, 5.74) is -2.05. The van der Waals surface area contributed by atoms with Crippen LogP contribution in [-0.2, 0) is 22.7 Å². The number of aliphatic hydroxyl groups is 1. The number of aromatic nitrogens is 2. The predicted molar refractivity (Wildman–Crippen MR) is 74.3 cm³/mol. The Bertz CT molecular complexity index is 788. The molecule has 9 heteroatoms. The molecule has 0 aliphatic rings. The van der Waals surface area contributed by atoms with E-state index in [1.54, 1.807) is 7.05 Å². The van der Waals surface area contributed by atoms with Crippen LogP contribution in [0.3, 0.4) is 0 Å². The van der Waals surface area contributed by atoms with Crippen LogP contribution >= 0.6 is 0 Å². The smallest absolute Gasteiger partial charge is 0.243 e. The van der Waals surface area contributed by atoms with E-state index in [1.165, 1.54) is 17.8 Å². The summed E-state index contributed by atoms with van der Waals surface area (Å²) in [5, 5.41) is 14.0. The van der Waals surface area contributed by atoms with E-state index in [4.69, 9.17) is 0 Å². The van der Waals surface area contributed by atoms with E-state index >= 15 is 0 Å². The number of hydrogen-bond donors (Lipinski definition) is 2. The molecule has 0 aliphatic heterocycles. The van der Waals surface area contributed by atoms with Gasteiger partial charge in [-0.25, -0.2) is 21.9 Å². The van der Waals surface area contributed by atoms with Gasteiger partial charge in [0.15, 0.2) is 0 Å². The van der Waals surface area contributed by atoms with E-state index in [0.29, 0.717) is 6.07 Å². The second-order valence-electron chi connectivity index (χ2n) is 5.07. The standard InChI is InChI=1S/C13H15F2N3O3S/c1-13(19,11-4-3-9(14)5-12(11)15)8-17-22(20,21)10-6-16-18(2)7-10/h3-7,17,19H,8H2,1-2H3. The number of aryl methyl sites for hydroxylation is 1. The van der Waals surface area contributed by atoms with Crippen molar-refractivity contribution in [3.63, 3.8) is 0 Å². The van der Waals surface area contributed by atoms with Gasteiger partial charge in [0, 0.05) is 31.4 Å². The molecule has 1 aromatic heterocycles. The highest BCUT2D eigenvalue weighted by molar-refractivity contribution is 7.89. The van der Waals surface area contributed by atoms with Crippen molar-refractivity contribution >= 4 is 10.0 Å². The van der Waals surface area contributed by atoms with Gasteiger partial charge >= 0.3 is 0 Å². The van der Waals surface area contributed by atoms with Gasteiger partial charge in [0.25, 0.3) is 0 Å². The number of nitrogens with zero attached hydrogens (tertiary/aromatic N) is 2. The summed E-state index contributed by atoms with van der Waals surface area (Å²) in [4.78, 5) is -0.0784. The Kier molecular flexibility index (Phi) is 4.32. The first-order valence-electron chi connectivity index (χ1n) is 6.28. The van der Waals surface area contributed by atoms with E-state index in [0.717, 1.165) is 18.3 Å². The Labute approximate surface area is 126 Å². The number of hydrogen-bond acceptors (Lipinski definition) is 4. The first kappa shape index (κ1) is 16.5. The maximum atomic E-state index is 13.7. The van der Waals surface area contributed by atoms with Gasteiger partial charge in [-0.3, -0.25) is 4.68 Å². The van der Waals surface area contributed by atoms with Crippen molar-refractivity contribution < 1.29 is 22.3 Å². The quantitative estimate of drug-likeness (QED) is 0.852. The molecule has 2 rings (SSSR count). The normalized spacial score (nSPS) is 14.8. The lowest BCUT2D eigenvalue weighted by atomic mass is 9.96. The minimum atomic E-state index is -3.89. The molecule has 120 valence electrons. The first-order valence-corrected chi connectivity index (χ1v) is 7.76. The maximum Gasteiger partial charge on any atom is 0.243 e. The first-order chi connectivity index (χ1) is 10.1. The Morgan fingerprint density at radius 2 is 2.09 bits per heavy atom. The zero-order valence-electron chi connectivity index (χ0n) is 11.9. The van der Waals surface area contributed by atoms with E-state index in [9.17, 15) is 22.3 Å². The van der Waals surface area contributed by atoms with Crippen LogP contribution in [0, 0.1) is 11.6 Å². The van der Waals surface area contributed by atoms with Gasteiger partial charge in [-0.2, -0.15) is 5.10 Å². The second-order valence-corrected chi connectivity index (χ2v) is 6.84. The summed E-state index contributed by atoms with van der Waals surface area (Å²) < 4.78 is 54.1. The largest absolute Gasteiger partial charge is 0.384 e. The van der Waals surface area contributed by atoms with Crippen LogP contribution in [0.2, 0.25) is 0 Å². The lowest BCUT2D eigenvalue weighted by molar-refractivity contribution is 0.0588. The van der Waals surface area contributed by atoms with Crippen molar-refractivity contribution in [3.8, 4) is 0 Å². The second kappa shape index (κ2) is 5.75. The minimum absolute atomic E-state index is 0.0784. The zero-order chi connectivity index (χ0) is 16.5. The molecule has 1 heterocycles. The number of benzene rings is 1. The van der Waals surface area contributed by atoms with E-state index in [-0.39, 0.29) is 10.5 Å². The van der Waals surface area contributed by atoms with Crippen LogP contribution in [0.15, 0.2) is 35.5 Å². The third-order valence-corrected chi connectivity index (χ3v) is 4.47. The van der Waals surface area contributed by atoms with Crippen molar-refractivity contribution in [2.45, 2.75) is 17.4 Å². The Hall–Kier alpha value is -1.84. The van der Waals surface area contributed by atoms with Crippen LogP contribution in [0.5, 0.6) is 0 Å². The highest BCUT2D eigenvalue weighted by Gasteiger charge is 2.29. The average Bonchev–Trinajstić information content (AvgIpc) is 2.84. The molecular weight excluding hydrogens is 316 g/mol. The fourth-order valence-electron chi connectivity index (χ4n) is 1.88. The summed E-state index contributed by atoms with van der Waals surface area (Å²) in [7, 11) is -2.33. The molecule has 1 unspecified atom stereocenters. The summed E-state index contributed by atoms with van der Waals surface area (Å²) in [6.45, 7) is 0.752. The molecule has 6 nitrogen and oxygen atoms in total. The van der Waals surface area contributed by atoms with Crippen molar-refractivity contribution in [3.05, 3.63) is 47.8 Å². The lowest BCUT2D eigenvalue weighted by Gasteiger charge is -2.24. The molecule has 0 spiro atoms. The Balaban J connectivity index is 2.19. The van der Waals surface area contributed by atoms with Gasteiger partial charge in [0.05, 0.1) is 6.20 Å². The van der Waals surface area contributed by atoms with Crippen LogP contribution in [-0.4, -0.2) is 29.8 Å². The molecule has 0 bridgehead atoms. The zero-order valence-corrected chi connectivity index (χ0v) is 12.7. The van der Waals surface area contributed by atoms with Crippen LogP contribution < -0.4 is 4.72 Å². The molecule has 22 heavy (non-hydrogen) atoms. The summed E-state index contributed by atoms with van der Waals surface area (Å²) in [6, 6.07) is 2.69. The SMILES string of the molecule is Cn1cc(S(=O)(=O)NCC(C)(O)c2ccc(F)cc2F)cn1. The number of nitrogens with one attached hydrogen (secondary N) is 1. The van der Waals surface area contributed by atoms with E-state index in [2.05, 4.69) is 9.82 Å². The van der Waals surface area contributed by atoms with Crippen molar-refractivity contribution in [1.82, 2.24) is 14.5 Å². The number of halogens is 2. The Morgan fingerprint density at radius 3 is 2.64 bits per heavy atom. The molecule has 2 N–H and O–H groups in total. The van der Waals surface area contributed by atoms with Crippen LogP contribution in [0.1, 0.15) is 12.5 Å². The molecule has 0 saturated heterocycles. The molecule has 0 radical (unpaired) electrons. The summed E-state index contributed by atoms with van der Waals surface area (Å²) in [6.07, 6.45) is 2.44. The van der Waals surface area contributed by atoms with Gasteiger partial charge < -0.3 is 5.11 Å². The molecule has 1 aromatic carbocycles. The molecule has 0 aliphatic carbocycles. The molecule has 0 saturated carbocycles. The highest BCUT2D eigenvalue weighted by Crippen LogP contribution is 2.24. The van der Waals surface area contributed by atoms with Crippen molar-refractivity contribution in [2.24, 2.45) is 7.05 Å². The van der Waals surface area contributed by atoms with Crippen molar-refractivity contribution in [1.29, 1.82) is 0 Å². The van der Waals surface area contributed by atoms with Gasteiger partial charge in [0.2, 0.25) is 10.0 Å². The van der Waals surface area contributed by atoms with Gasteiger partial charge in [-0.1, -0.05) is 6.07 Å². The number of sulfonamides is 1. The maximum absolute atomic E-state index is 13.7. The van der Waals surface area contributed by atoms with E-state index < -0.39 is 33.8 Å². The Morgan fingerprint density at radius 1 is 1.41 bits per heavy atom. The number of rotatable bonds is 5. The monoisotopic (exact) mass is 331 g/mol. The van der Waals surface area contributed by atoms with Gasteiger partial charge in [0.1, 0.15) is 22.1 Å². The average molecular weight is 331 g/mol. The minimum Gasteiger partial charge on any atom is -0.384 e. The van der Waals surface area contributed by atoms with Crippen LogP contribution in [0.25, 0.3) is 0 Å². The third-order valence-electron chi connectivity index (χ3n) is 3.11. The fraction of sp³-hybridized carbons (Fsp3) is 0.308. The predicted octanol–water partition coefficient (Wildman–Crippen LogP) is 0.884.